The molecule has 0 spiro atoms. The van der Waals surface area contributed by atoms with Crippen LogP contribution in [-0.2, 0) is 14.3 Å². The average Bonchev–Trinajstić information content (AvgIpc) is 2.53. The van der Waals surface area contributed by atoms with Gasteiger partial charge in [0.2, 0.25) is 0 Å². The van der Waals surface area contributed by atoms with Crippen LogP contribution in [-0.4, -0.2) is 30.8 Å². The van der Waals surface area contributed by atoms with Crippen molar-refractivity contribution in [1.29, 1.82) is 0 Å². The van der Waals surface area contributed by atoms with Gasteiger partial charge >= 0.3 is 5.97 Å². The van der Waals surface area contributed by atoms with Crippen LogP contribution in [0.15, 0.2) is 27.8 Å². The molecule has 6 nitrogen and oxygen atoms in total. The second-order valence-electron chi connectivity index (χ2n) is 5.22. The summed E-state index contributed by atoms with van der Waals surface area (Å²) in [5.41, 5.74) is 3.98. The second kappa shape index (κ2) is 10.1. The van der Waals surface area contributed by atoms with E-state index in [0.717, 1.165) is 10.0 Å². The molecule has 1 atom stereocenters. The number of hydrazone groups is 1. The highest BCUT2D eigenvalue weighted by molar-refractivity contribution is 9.10. The molecule has 0 aliphatic carbocycles. The van der Waals surface area contributed by atoms with Gasteiger partial charge in [0.15, 0.2) is 6.61 Å². The van der Waals surface area contributed by atoms with Crippen LogP contribution in [0.25, 0.3) is 0 Å². The molecule has 0 aliphatic rings. The molecule has 24 heavy (non-hydrogen) atoms. The zero-order chi connectivity index (χ0) is 18.1. The van der Waals surface area contributed by atoms with Crippen LogP contribution in [0.1, 0.15) is 32.8 Å². The summed E-state index contributed by atoms with van der Waals surface area (Å²) in [6.07, 6.45) is 0.552. The lowest BCUT2D eigenvalue weighted by molar-refractivity contribution is -0.145. The van der Waals surface area contributed by atoms with E-state index in [1.165, 1.54) is 0 Å². The number of carbonyl (C=O) groups excluding carboxylic acids is 2. The molecule has 1 rings (SSSR count). The molecule has 1 aromatic carbocycles. The summed E-state index contributed by atoms with van der Waals surface area (Å²) in [4.78, 5) is 23.6. The predicted octanol–water partition coefficient (Wildman–Crippen LogP) is 3.22. The van der Waals surface area contributed by atoms with Gasteiger partial charge in [0.1, 0.15) is 5.75 Å². The lowest BCUT2D eigenvalue weighted by atomic mass is 10.0. The summed E-state index contributed by atoms with van der Waals surface area (Å²) in [6, 6.07) is 5.58. The van der Waals surface area contributed by atoms with Gasteiger partial charge in [-0.1, -0.05) is 13.0 Å². The SMILES string of the molecule is CCOC(=O)C(CC)/C(C)=N\NC(=O)COc1ccc(C)cc1Br. The van der Waals surface area contributed by atoms with Gasteiger partial charge in [-0.05, 0) is 60.8 Å². The first kappa shape index (κ1) is 20.2. The number of nitrogens with zero attached hydrogens (tertiary/aromatic N) is 1. The highest BCUT2D eigenvalue weighted by Crippen LogP contribution is 2.25. The van der Waals surface area contributed by atoms with Crippen LogP contribution in [0, 0.1) is 12.8 Å². The molecule has 0 heterocycles. The molecule has 1 amide bonds. The highest BCUT2D eigenvalue weighted by Gasteiger charge is 2.21. The fourth-order valence-electron chi connectivity index (χ4n) is 2.00. The van der Waals surface area contributed by atoms with E-state index in [1.807, 2.05) is 26.0 Å². The Morgan fingerprint density at radius 1 is 1.33 bits per heavy atom. The minimum atomic E-state index is -0.461. The fourth-order valence-corrected chi connectivity index (χ4v) is 2.61. The number of amides is 1. The third kappa shape index (κ3) is 6.31. The molecule has 7 heteroatoms. The quantitative estimate of drug-likeness (QED) is 0.414. The Hall–Kier alpha value is -1.89. The summed E-state index contributed by atoms with van der Waals surface area (Å²) >= 11 is 3.38. The largest absolute Gasteiger partial charge is 0.483 e. The molecule has 0 saturated heterocycles. The molecule has 1 N–H and O–H groups in total. The molecular weight excluding hydrogens is 376 g/mol. The van der Waals surface area contributed by atoms with Crippen molar-refractivity contribution in [3.8, 4) is 5.75 Å². The van der Waals surface area contributed by atoms with Gasteiger partial charge in [0.25, 0.3) is 5.91 Å². The molecule has 0 aliphatic heterocycles. The van der Waals surface area contributed by atoms with Gasteiger partial charge in [-0.25, -0.2) is 5.43 Å². The minimum absolute atomic E-state index is 0.172. The summed E-state index contributed by atoms with van der Waals surface area (Å²) in [5.74, 6) is -0.623. The molecule has 1 unspecified atom stereocenters. The molecular formula is C17H23BrN2O4. The Morgan fingerprint density at radius 2 is 2.04 bits per heavy atom. The number of ether oxygens (including phenoxy) is 2. The number of benzene rings is 1. The highest BCUT2D eigenvalue weighted by atomic mass is 79.9. The number of hydrogen-bond donors (Lipinski definition) is 1. The number of hydrogen-bond acceptors (Lipinski definition) is 5. The van der Waals surface area contributed by atoms with Gasteiger partial charge in [0, 0.05) is 5.71 Å². The van der Waals surface area contributed by atoms with E-state index >= 15 is 0 Å². The smallest absolute Gasteiger partial charge is 0.314 e. The molecule has 0 radical (unpaired) electrons. The van der Waals surface area contributed by atoms with E-state index in [0.29, 0.717) is 24.5 Å². The molecule has 0 fully saturated rings. The molecule has 1 aromatic rings. The van der Waals surface area contributed by atoms with Gasteiger partial charge in [-0.2, -0.15) is 5.10 Å². The van der Waals surface area contributed by atoms with E-state index in [4.69, 9.17) is 9.47 Å². The normalized spacial score (nSPS) is 12.5. The van der Waals surface area contributed by atoms with Gasteiger partial charge in [-0.15, -0.1) is 0 Å². The Balaban J connectivity index is 2.56. The zero-order valence-electron chi connectivity index (χ0n) is 14.4. The third-order valence-corrected chi connectivity index (χ3v) is 3.91. The summed E-state index contributed by atoms with van der Waals surface area (Å²) in [6.45, 7) is 7.40. The first-order valence-corrected chi connectivity index (χ1v) is 8.56. The number of rotatable bonds is 8. The molecule has 0 aromatic heterocycles. The summed E-state index contributed by atoms with van der Waals surface area (Å²) < 4.78 is 11.2. The number of esters is 1. The van der Waals surface area contributed by atoms with Crippen molar-refractivity contribution in [3.63, 3.8) is 0 Å². The average molecular weight is 399 g/mol. The monoisotopic (exact) mass is 398 g/mol. The molecule has 0 saturated carbocycles. The predicted molar refractivity (Wildman–Crippen MR) is 96.0 cm³/mol. The number of nitrogens with one attached hydrogen (secondary N) is 1. The van der Waals surface area contributed by atoms with Gasteiger partial charge in [0.05, 0.1) is 17.0 Å². The first-order chi connectivity index (χ1) is 11.4. The lowest BCUT2D eigenvalue weighted by Crippen LogP contribution is -2.29. The van der Waals surface area contributed by atoms with Crippen LogP contribution in [0.5, 0.6) is 5.75 Å². The van der Waals surface area contributed by atoms with Crippen molar-refractivity contribution < 1.29 is 19.1 Å². The second-order valence-corrected chi connectivity index (χ2v) is 6.08. The first-order valence-electron chi connectivity index (χ1n) is 7.77. The Labute approximate surface area is 150 Å². The minimum Gasteiger partial charge on any atom is -0.483 e. The lowest BCUT2D eigenvalue weighted by Gasteiger charge is -2.13. The maximum atomic E-state index is 11.8. The maximum Gasteiger partial charge on any atom is 0.314 e. The van der Waals surface area contributed by atoms with Crippen LogP contribution in [0.4, 0.5) is 0 Å². The van der Waals surface area contributed by atoms with Crippen molar-refractivity contribution in [1.82, 2.24) is 5.43 Å². The van der Waals surface area contributed by atoms with Crippen molar-refractivity contribution in [2.75, 3.05) is 13.2 Å². The van der Waals surface area contributed by atoms with E-state index in [1.54, 1.807) is 19.9 Å². The van der Waals surface area contributed by atoms with Crippen LogP contribution >= 0.6 is 15.9 Å². The number of carbonyl (C=O) groups is 2. The van der Waals surface area contributed by atoms with E-state index in [9.17, 15) is 9.59 Å². The van der Waals surface area contributed by atoms with Crippen LogP contribution in [0.3, 0.4) is 0 Å². The summed E-state index contributed by atoms with van der Waals surface area (Å²) in [7, 11) is 0. The third-order valence-electron chi connectivity index (χ3n) is 3.29. The standard InChI is InChI=1S/C17H23BrN2O4/c1-5-13(17(22)23-6-2)12(4)19-20-16(21)10-24-15-8-7-11(3)9-14(15)18/h7-9,13H,5-6,10H2,1-4H3,(H,20,21)/b19-12-. The van der Waals surface area contributed by atoms with Crippen molar-refractivity contribution in [2.45, 2.75) is 34.1 Å². The Morgan fingerprint density at radius 3 is 2.62 bits per heavy atom. The molecule has 132 valence electrons. The van der Waals surface area contributed by atoms with Crippen molar-refractivity contribution in [2.24, 2.45) is 11.0 Å². The van der Waals surface area contributed by atoms with Crippen LogP contribution < -0.4 is 10.2 Å². The van der Waals surface area contributed by atoms with E-state index in [2.05, 4.69) is 26.5 Å². The Bertz CT molecular complexity index is 617. The van der Waals surface area contributed by atoms with E-state index < -0.39 is 11.8 Å². The van der Waals surface area contributed by atoms with Gasteiger partial charge in [-0.3, -0.25) is 9.59 Å². The van der Waals surface area contributed by atoms with Crippen molar-refractivity contribution >= 4 is 33.5 Å². The zero-order valence-corrected chi connectivity index (χ0v) is 16.0. The number of aryl methyl sites for hydroxylation is 1. The van der Waals surface area contributed by atoms with E-state index in [-0.39, 0.29) is 12.6 Å². The molecule has 0 bridgehead atoms. The van der Waals surface area contributed by atoms with Crippen LogP contribution in [0.2, 0.25) is 0 Å². The van der Waals surface area contributed by atoms with Gasteiger partial charge < -0.3 is 9.47 Å². The fraction of sp³-hybridized carbons (Fsp3) is 0.471. The number of halogens is 1. The summed E-state index contributed by atoms with van der Waals surface area (Å²) in [5, 5.41) is 3.97. The Kier molecular flexibility index (Phi) is 8.46. The van der Waals surface area contributed by atoms with Crippen molar-refractivity contribution in [3.05, 3.63) is 28.2 Å². The maximum absolute atomic E-state index is 11.8. The topological polar surface area (TPSA) is 77.0 Å².